The Bertz CT molecular complexity index is 525. The molecule has 1 fully saturated rings. The molecule has 2 heterocycles. The molecule has 1 N–H and O–H groups in total. The molecule has 0 spiro atoms. The fraction of sp³-hybridized carbons (Fsp3) is 0.571. The van der Waals surface area contributed by atoms with Crippen LogP contribution in [0.4, 0.5) is 8.78 Å². The van der Waals surface area contributed by atoms with E-state index in [0.717, 1.165) is 6.20 Å². The minimum atomic E-state index is -0.972. The summed E-state index contributed by atoms with van der Waals surface area (Å²) in [6, 6.07) is 0.714. The van der Waals surface area contributed by atoms with Crippen LogP contribution in [0.15, 0.2) is 12.3 Å². The number of aromatic nitrogens is 1. The Morgan fingerprint density at radius 1 is 1.48 bits per heavy atom. The van der Waals surface area contributed by atoms with E-state index in [1.54, 1.807) is 7.11 Å². The van der Waals surface area contributed by atoms with Gasteiger partial charge in [0.05, 0.1) is 18.3 Å². The fourth-order valence-corrected chi connectivity index (χ4v) is 2.42. The number of carbonyl (C=O) groups excluding carboxylic acids is 1. The van der Waals surface area contributed by atoms with E-state index < -0.39 is 23.2 Å². The Labute approximate surface area is 122 Å². The summed E-state index contributed by atoms with van der Waals surface area (Å²) in [5.41, 5.74) is -0.408. The van der Waals surface area contributed by atoms with Crippen LogP contribution < -0.4 is 5.32 Å². The van der Waals surface area contributed by atoms with E-state index in [-0.39, 0.29) is 12.1 Å². The van der Waals surface area contributed by atoms with Gasteiger partial charge in [-0.1, -0.05) is 0 Å². The second kappa shape index (κ2) is 6.44. The van der Waals surface area contributed by atoms with Gasteiger partial charge in [-0.3, -0.25) is 9.69 Å². The van der Waals surface area contributed by atoms with E-state index in [2.05, 4.69) is 29.0 Å². The Balaban J connectivity index is 2.08. The number of nitrogens with zero attached hydrogens (tertiary/aromatic N) is 2. The molecular weight excluding hydrogens is 280 g/mol. The number of hydrogen-bond donors (Lipinski definition) is 1. The first-order valence-electron chi connectivity index (χ1n) is 6.81. The highest BCUT2D eigenvalue weighted by Crippen LogP contribution is 2.16. The van der Waals surface area contributed by atoms with Crippen LogP contribution in [0.25, 0.3) is 0 Å². The van der Waals surface area contributed by atoms with Crippen molar-refractivity contribution in [3.05, 3.63) is 29.6 Å². The Kier molecular flexibility index (Phi) is 4.84. The summed E-state index contributed by atoms with van der Waals surface area (Å²) in [7, 11) is 1.57. The quantitative estimate of drug-likeness (QED) is 0.907. The van der Waals surface area contributed by atoms with Gasteiger partial charge in [0.2, 0.25) is 0 Å². The van der Waals surface area contributed by atoms with E-state index >= 15 is 0 Å². The lowest BCUT2D eigenvalue weighted by molar-refractivity contribution is 0.0747. The summed E-state index contributed by atoms with van der Waals surface area (Å²) >= 11 is 0. The van der Waals surface area contributed by atoms with Gasteiger partial charge in [0.1, 0.15) is 5.82 Å². The van der Waals surface area contributed by atoms with Crippen molar-refractivity contribution in [1.82, 2.24) is 15.2 Å². The topological polar surface area (TPSA) is 54.5 Å². The van der Waals surface area contributed by atoms with Crippen molar-refractivity contribution in [3.63, 3.8) is 0 Å². The Morgan fingerprint density at radius 2 is 2.19 bits per heavy atom. The normalized spacial score (nSPS) is 22.8. The Hall–Kier alpha value is -1.60. The predicted octanol–water partition coefficient (Wildman–Crippen LogP) is 1.20. The summed E-state index contributed by atoms with van der Waals surface area (Å²) in [5.74, 6) is -2.45. The smallest absolute Gasteiger partial charge is 0.273 e. The molecule has 0 saturated carbocycles. The molecule has 116 valence electrons. The molecular formula is C14H19F2N3O2. The average molecular weight is 299 g/mol. The largest absolute Gasteiger partial charge is 0.378 e. The van der Waals surface area contributed by atoms with Gasteiger partial charge in [-0.2, -0.15) is 0 Å². The van der Waals surface area contributed by atoms with Gasteiger partial charge in [0.25, 0.3) is 5.91 Å². The van der Waals surface area contributed by atoms with Gasteiger partial charge in [0, 0.05) is 32.3 Å². The number of pyridine rings is 1. The number of hydrogen-bond acceptors (Lipinski definition) is 4. The van der Waals surface area contributed by atoms with Crippen LogP contribution in [0.5, 0.6) is 0 Å². The average Bonchev–Trinajstić information content (AvgIpc) is 2.81. The maximum absolute atomic E-state index is 13.6. The van der Waals surface area contributed by atoms with Gasteiger partial charge in [-0.25, -0.2) is 13.8 Å². The van der Waals surface area contributed by atoms with Crippen molar-refractivity contribution in [2.24, 2.45) is 0 Å². The standard InChI is InChI=1S/C14H19F2N3O2/c1-8(2)19-6-11(12(7-19)21-3)18-14(20)13-10(16)4-9(15)5-17-13/h4-5,8,11-12H,6-7H2,1-3H3,(H,18,20)/t11-,12-/m0/s1. The van der Waals surface area contributed by atoms with Gasteiger partial charge >= 0.3 is 0 Å². The number of methoxy groups -OCH3 is 1. The van der Waals surface area contributed by atoms with Crippen LogP contribution in [0.3, 0.4) is 0 Å². The molecule has 1 amide bonds. The highest BCUT2D eigenvalue weighted by Gasteiger charge is 2.35. The van der Waals surface area contributed by atoms with Crippen LogP contribution in [-0.4, -0.2) is 54.2 Å². The van der Waals surface area contributed by atoms with Crippen molar-refractivity contribution in [2.75, 3.05) is 20.2 Å². The highest BCUT2D eigenvalue weighted by molar-refractivity contribution is 5.92. The number of amides is 1. The second-order valence-electron chi connectivity index (χ2n) is 5.39. The summed E-state index contributed by atoms with van der Waals surface area (Å²) in [6.45, 7) is 5.42. The first kappa shape index (κ1) is 15.8. The van der Waals surface area contributed by atoms with Gasteiger partial charge < -0.3 is 10.1 Å². The van der Waals surface area contributed by atoms with Crippen molar-refractivity contribution < 1.29 is 18.3 Å². The number of ether oxygens (including phenoxy) is 1. The van der Waals surface area contributed by atoms with Gasteiger partial charge in [-0.15, -0.1) is 0 Å². The van der Waals surface area contributed by atoms with Crippen molar-refractivity contribution in [2.45, 2.75) is 32.0 Å². The molecule has 2 rings (SSSR count). The van der Waals surface area contributed by atoms with Crippen molar-refractivity contribution in [1.29, 1.82) is 0 Å². The molecule has 2 atom stereocenters. The molecule has 1 saturated heterocycles. The van der Waals surface area contributed by atoms with Gasteiger partial charge in [0.15, 0.2) is 11.5 Å². The molecule has 0 bridgehead atoms. The lowest BCUT2D eigenvalue weighted by atomic mass is 10.2. The zero-order valence-corrected chi connectivity index (χ0v) is 12.3. The van der Waals surface area contributed by atoms with E-state index in [4.69, 9.17) is 4.74 Å². The number of likely N-dealkylation sites (tertiary alicyclic amines) is 1. The molecule has 0 aromatic carbocycles. The number of halogens is 2. The van der Waals surface area contributed by atoms with Crippen LogP contribution in [-0.2, 0) is 4.74 Å². The molecule has 5 nitrogen and oxygen atoms in total. The zero-order chi connectivity index (χ0) is 15.6. The lowest BCUT2D eigenvalue weighted by Crippen LogP contribution is -2.44. The van der Waals surface area contributed by atoms with Crippen LogP contribution in [0.2, 0.25) is 0 Å². The van der Waals surface area contributed by atoms with E-state index in [0.29, 0.717) is 25.2 Å². The minimum Gasteiger partial charge on any atom is -0.378 e. The van der Waals surface area contributed by atoms with Crippen molar-refractivity contribution in [3.8, 4) is 0 Å². The SMILES string of the molecule is CO[C@H]1CN(C(C)C)C[C@@H]1NC(=O)c1ncc(F)cc1F. The third-order valence-corrected chi connectivity index (χ3v) is 3.67. The van der Waals surface area contributed by atoms with Crippen molar-refractivity contribution >= 4 is 5.91 Å². The molecule has 7 heteroatoms. The number of nitrogens with one attached hydrogen (secondary N) is 1. The molecule has 0 aliphatic carbocycles. The van der Waals surface area contributed by atoms with E-state index in [1.165, 1.54) is 0 Å². The summed E-state index contributed by atoms with van der Waals surface area (Å²) in [4.78, 5) is 17.7. The maximum atomic E-state index is 13.6. The maximum Gasteiger partial charge on any atom is 0.273 e. The zero-order valence-electron chi connectivity index (χ0n) is 12.3. The minimum absolute atomic E-state index is 0.167. The summed E-state index contributed by atoms with van der Waals surface area (Å²) in [6.07, 6.45) is 0.654. The molecule has 1 aliphatic heterocycles. The first-order chi connectivity index (χ1) is 9.92. The predicted molar refractivity (Wildman–Crippen MR) is 72.9 cm³/mol. The summed E-state index contributed by atoms with van der Waals surface area (Å²) < 4.78 is 31.7. The molecule has 21 heavy (non-hydrogen) atoms. The van der Waals surface area contributed by atoms with Crippen LogP contribution >= 0.6 is 0 Å². The van der Waals surface area contributed by atoms with Crippen LogP contribution in [0.1, 0.15) is 24.3 Å². The molecule has 1 aliphatic rings. The van der Waals surface area contributed by atoms with E-state index in [9.17, 15) is 13.6 Å². The monoisotopic (exact) mass is 299 g/mol. The molecule has 1 aromatic heterocycles. The molecule has 1 aromatic rings. The Morgan fingerprint density at radius 3 is 2.76 bits per heavy atom. The first-order valence-corrected chi connectivity index (χ1v) is 6.81. The third-order valence-electron chi connectivity index (χ3n) is 3.67. The number of carbonyl (C=O) groups is 1. The third kappa shape index (κ3) is 3.54. The molecule has 0 radical (unpaired) electrons. The molecule has 0 unspecified atom stereocenters. The second-order valence-corrected chi connectivity index (χ2v) is 5.39. The van der Waals surface area contributed by atoms with E-state index in [1.807, 2.05) is 0 Å². The lowest BCUT2D eigenvalue weighted by Gasteiger charge is -2.19. The summed E-state index contributed by atoms with van der Waals surface area (Å²) in [5, 5.41) is 2.71. The highest BCUT2D eigenvalue weighted by atomic mass is 19.1. The number of rotatable bonds is 4. The fourth-order valence-electron chi connectivity index (χ4n) is 2.42. The van der Waals surface area contributed by atoms with Crippen LogP contribution in [0, 0.1) is 11.6 Å². The van der Waals surface area contributed by atoms with Gasteiger partial charge in [-0.05, 0) is 13.8 Å².